The van der Waals surface area contributed by atoms with Crippen LogP contribution in [0.2, 0.25) is 0 Å². The van der Waals surface area contributed by atoms with Gasteiger partial charge in [-0.05, 0) is 41.7 Å². The number of H-pyrrole nitrogens is 1. The molecule has 0 fully saturated rings. The van der Waals surface area contributed by atoms with Gasteiger partial charge in [-0.25, -0.2) is 0 Å². The maximum atomic E-state index is 12.5. The number of rotatable bonds is 3. The van der Waals surface area contributed by atoms with Gasteiger partial charge in [0.25, 0.3) is 5.91 Å². The molecule has 1 aromatic heterocycles. The number of hydrogen-bond donors (Lipinski definition) is 2. The number of carbonyl (C=O) groups is 1. The number of aromatic amines is 1. The SMILES string of the molecule is CC(C)c1ccc(C(=O)NC2Cc3[nH]c4ccccc4c3C2)cc1. The van der Waals surface area contributed by atoms with Gasteiger partial charge in [0, 0.05) is 34.6 Å². The quantitative estimate of drug-likeness (QED) is 0.747. The van der Waals surface area contributed by atoms with Crippen molar-refractivity contribution in [2.24, 2.45) is 0 Å². The van der Waals surface area contributed by atoms with Gasteiger partial charge in [0.15, 0.2) is 0 Å². The summed E-state index contributed by atoms with van der Waals surface area (Å²) in [6, 6.07) is 16.5. The lowest BCUT2D eigenvalue weighted by Gasteiger charge is -2.13. The van der Waals surface area contributed by atoms with Crippen LogP contribution in [-0.2, 0) is 12.8 Å². The molecule has 3 nitrogen and oxygen atoms in total. The van der Waals surface area contributed by atoms with E-state index in [2.05, 4.69) is 42.3 Å². The lowest BCUT2D eigenvalue weighted by molar-refractivity contribution is 0.0938. The molecule has 1 aliphatic rings. The van der Waals surface area contributed by atoms with Crippen molar-refractivity contribution in [3.8, 4) is 0 Å². The van der Waals surface area contributed by atoms with Crippen LogP contribution in [-0.4, -0.2) is 16.9 Å². The Morgan fingerprint density at radius 3 is 2.58 bits per heavy atom. The summed E-state index contributed by atoms with van der Waals surface area (Å²) in [5, 5.41) is 4.47. The van der Waals surface area contributed by atoms with E-state index in [1.54, 1.807) is 0 Å². The van der Waals surface area contributed by atoms with Crippen molar-refractivity contribution >= 4 is 16.8 Å². The first kappa shape index (κ1) is 15.0. The first-order valence-electron chi connectivity index (χ1n) is 8.61. The Labute approximate surface area is 142 Å². The second-order valence-corrected chi connectivity index (χ2v) is 6.98. The van der Waals surface area contributed by atoms with Crippen LogP contribution in [0, 0.1) is 0 Å². The Morgan fingerprint density at radius 1 is 1.08 bits per heavy atom. The topological polar surface area (TPSA) is 44.9 Å². The van der Waals surface area contributed by atoms with Crippen molar-refractivity contribution in [3.05, 3.63) is 70.9 Å². The van der Waals surface area contributed by atoms with Gasteiger partial charge in [0.2, 0.25) is 0 Å². The second kappa shape index (κ2) is 5.82. The van der Waals surface area contributed by atoms with Crippen LogP contribution >= 0.6 is 0 Å². The van der Waals surface area contributed by atoms with E-state index >= 15 is 0 Å². The molecule has 1 heterocycles. The van der Waals surface area contributed by atoms with Gasteiger partial charge in [0.1, 0.15) is 0 Å². The highest BCUT2D eigenvalue weighted by Gasteiger charge is 2.26. The maximum Gasteiger partial charge on any atom is 0.251 e. The molecule has 1 aliphatic carbocycles. The summed E-state index contributed by atoms with van der Waals surface area (Å²) >= 11 is 0. The minimum atomic E-state index is 0.0183. The van der Waals surface area contributed by atoms with E-state index in [1.807, 2.05) is 30.3 Å². The third kappa shape index (κ3) is 2.60. The van der Waals surface area contributed by atoms with Crippen molar-refractivity contribution in [1.29, 1.82) is 0 Å². The van der Waals surface area contributed by atoms with Gasteiger partial charge >= 0.3 is 0 Å². The molecule has 2 aromatic carbocycles. The summed E-state index contributed by atoms with van der Waals surface area (Å²) in [6.07, 6.45) is 1.77. The molecule has 0 aliphatic heterocycles. The Balaban J connectivity index is 1.47. The van der Waals surface area contributed by atoms with Crippen molar-refractivity contribution in [2.45, 2.75) is 38.6 Å². The van der Waals surface area contributed by atoms with E-state index < -0.39 is 0 Å². The molecule has 1 atom stereocenters. The number of benzene rings is 2. The molecule has 4 rings (SSSR count). The van der Waals surface area contributed by atoms with E-state index in [0.717, 1.165) is 18.4 Å². The summed E-state index contributed by atoms with van der Waals surface area (Å²) in [5.41, 5.74) is 5.80. The first-order valence-corrected chi connectivity index (χ1v) is 8.61. The van der Waals surface area contributed by atoms with Crippen LogP contribution in [0.1, 0.15) is 46.9 Å². The van der Waals surface area contributed by atoms with Crippen LogP contribution in [0.3, 0.4) is 0 Å². The van der Waals surface area contributed by atoms with Gasteiger partial charge < -0.3 is 10.3 Å². The van der Waals surface area contributed by atoms with Gasteiger partial charge in [0.05, 0.1) is 0 Å². The molecule has 24 heavy (non-hydrogen) atoms. The average Bonchev–Trinajstić information content (AvgIpc) is 3.12. The second-order valence-electron chi connectivity index (χ2n) is 6.98. The summed E-state index contributed by atoms with van der Waals surface area (Å²) in [5.74, 6) is 0.500. The van der Waals surface area contributed by atoms with Gasteiger partial charge in [-0.1, -0.05) is 44.2 Å². The zero-order chi connectivity index (χ0) is 16.7. The number of amides is 1. The van der Waals surface area contributed by atoms with Crippen molar-refractivity contribution in [2.75, 3.05) is 0 Å². The third-order valence-electron chi connectivity index (χ3n) is 4.98. The number of fused-ring (bicyclic) bond motifs is 3. The lowest BCUT2D eigenvalue weighted by Crippen LogP contribution is -2.35. The molecular weight excluding hydrogens is 296 g/mol. The van der Waals surface area contributed by atoms with Crippen molar-refractivity contribution < 1.29 is 4.79 Å². The van der Waals surface area contributed by atoms with E-state index in [1.165, 1.54) is 27.7 Å². The summed E-state index contributed by atoms with van der Waals surface area (Å²) in [7, 11) is 0. The largest absolute Gasteiger partial charge is 0.358 e. The predicted molar refractivity (Wildman–Crippen MR) is 97.5 cm³/mol. The molecule has 1 unspecified atom stereocenters. The zero-order valence-electron chi connectivity index (χ0n) is 14.1. The maximum absolute atomic E-state index is 12.5. The fourth-order valence-electron chi connectivity index (χ4n) is 3.62. The molecule has 0 saturated heterocycles. The molecule has 0 radical (unpaired) electrons. The lowest BCUT2D eigenvalue weighted by atomic mass is 10.0. The number of aromatic nitrogens is 1. The molecule has 1 amide bonds. The van der Waals surface area contributed by atoms with Crippen LogP contribution < -0.4 is 5.32 Å². The van der Waals surface area contributed by atoms with Crippen LogP contribution in [0.4, 0.5) is 0 Å². The number of hydrogen-bond acceptors (Lipinski definition) is 1. The zero-order valence-corrected chi connectivity index (χ0v) is 14.1. The summed E-state index contributed by atoms with van der Waals surface area (Å²) in [6.45, 7) is 4.32. The van der Waals surface area contributed by atoms with Gasteiger partial charge in [-0.2, -0.15) is 0 Å². The summed E-state index contributed by atoms with van der Waals surface area (Å²) < 4.78 is 0. The Bertz CT molecular complexity index is 890. The highest BCUT2D eigenvalue weighted by molar-refractivity contribution is 5.94. The molecule has 3 heteroatoms. The summed E-state index contributed by atoms with van der Waals surface area (Å²) in [4.78, 5) is 16.0. The van der Waals surface area contributed by atoms with E-state index in [-0.39, 0.29) is 11.9 Å². The molecule has 0 bridgehead atoms. The molecular formula is C21H22N2O. The predicted octanol–water partition coefficient (Wildman–Crippen LogP) is 4.19. The van der Waals surface area contributed by atoms with Crippen molar-refractivity contribution in [3.63, 3.8) is 0 Å². The fraction of sp³-hybridized carbons (Fsp3) is 0.286. The Morgan fingerprint density at radius 2 is 1.83 bits per heavy atom. The van der Waals surface area contributed by atoms with Crippen LogP contribution in [0.5, 0.6) is 0 Å². The molecule has 2 N–H and O–H groups in total. The Kier molecular flexibility index (Phi) is 3.64. The van der Waals surface area contributed by atoms with E-state index in [4.69, 9.17) is 0 Å². The normalized spacial score (nSPS) is 16.5. The minimum Gasteiger partial charge on any atom is -0.358 e. The number of para-hydroxylation sites is 1. The molecule has 0 spiro atoms. The number of nitrogens with one attached hydrogen (secondary N) is 2. The van der Waals surface area contributed by atoms with Crippen LogP contribution in [0.15, 0.2) is 48.5 Å². The fourth-order valence-corrected chi connectivity index (χ4v) is 3.62. The Hall–Kier alpha value is -2.55. The standard InChI is InChI=1S/C21H22N2O/c1-13(2)14-7-9-15(10-8-14)21(24)22-16-11-18-17-5-3-4-6-19(17)23-20(18)12-16/h3-10,13,16,23H,11-12H2,1-2H3,(H,22,24). The minimum absolute atomic E-state index is 0.0183. The monoisotopic (exact) mass is 318 g/mol. The third-order valence-corrected chi connectivity index (χ3v) is 4.98. The average molecular weight is 318 g/mol. The smallest absolute Gasteiger partial charge is 0.251 e. The van der Waals surface area contributed by atoms with Gasteiger partial charge in [-0.3, -0.25) is 4.79 Å². The van der Waals surface area contributed by atoms with Crippen molar-refractivity contribution in [1.82, 2.24) is 10.3 Å². The van der Waals surface area contributed by atoms with Gasteiger partial charge in [-0.15, -0.1) is 0 Å². The molecule has 3 aromatic rings. The molecule has 0 saturated carbocycles. The van der Waals surface area contributed by atoms with E-state index in [9.17, 15) is 4.79 Å². The number of carbonyl (C=O) groups excluding carboxylic acids is 1. The van der Waals surface area contributed by atoms with Crippen LogP contribution in [0.25, 0.3) is 10.9 Å². The molecule has 122 valence electrons. The highest BCUT2D eigenvalue weighted by Crippen LogP contribution is 2.30. The first-order chi connectivity index (χ1) is 11.6. The van der Waals surface area contributed by atoms with E-state index in [0.29, 0.717) is 5.92 Å². The highest BCUT2D eigenvalue weighted by atomic mass is 16.1.